The van der Waals surface area contributed by atoms with Crippen molar-refractivity contribution in [2.24, 2.45) is 0 Å². The van der Waals surface area contributed by atoms with Crippen LogP contribution in [0, 0.1) is 0 Å². The molecule has 3 heterocycles. The van der Waals surface area contributed by atoms with Gasteiger partial charge in [-0.15, -0.1) is 0 Å². The molecule has 8 nitrogen and oxygen atoms in total. The fraction of sp³-hybridized carbons (Fsp3) is 0.400. The van der Waals surface area contributed by atoms with Crippen molar-refractivity contribution in [3.63, 3.8) is 0 Å². The summed E-state index contributed by atoms with van der Waals surface area (Å²) < 4.78 is 17.0. The summed E-state index contributed by atoms with van der Waals surface area (Å²) in [6, 6.07) is 12.0. The standard InChI is InChI=1S/C30H34N2O6/c1-3-14-37-24-7-4-6-21(19-24)27-26(28(33)22-8-9-25-23(18-22)17-20(2)38-25)29(34)30(35)32(27)11-5-10-31-12-15-36-16-13-31/h3-4,6-9,18-20,27,33H,1,5,10-17H2,2H3/t20-,27-/m0/s1. The molecule has 38 heavy (non-hydrogen) atoms. The van der Waals surface area contributed by atoms with E-state index in [4.69, 9.17) is 14.2 Å². The quantitative estimate of drug-likeness (QED) is 0.234. The zero-order valence-corrected chi connectivity index (χ0v) is 21.7. The molecule has 3 aliphatic rings. The Morgan fingerprint density at radius 1 is 1.16 bits per heavy atom. The number of aliphatic hydroxyl groups excluding tert-OH is 1. The van der Waals surface area contributed by atoms with Crippen LogP contribution in [-0.4, -0.2) is 78.7 Å². The maximum Gasteiger partial charge on any atom is 0.295 e. The molecule has 1 N–H and O–H groups in total. The van der Waals surface area contributed by atoms with E-state index in [9.17, 15) is 14.7 Å². The Balaban J connectivity index is 1.49. The minimum absolute atomic E-state index is 0.0535. The van der Waals surface area contributed by atoms with E-state index in [-0.39, 0.29) is 17.4 Å². The van der Waals surface area contributed by atoms with Gasteiger partial charge in [0.25, 0.3) is 11.7 Å². The third-order valence-corrected chi connectivity index (χ3v) is 7.23. The lowest BCUT2D eigenvalue weighted by molar-refractivity contribution is -0.140. The van der Waals surface area contributed by atoms with Gasteiger partial charge >= 0.3 is 0 Å². The highest BCUT2D eigenvalue weighted by Gasteiger charge is 2.46. The molecule has 0 bridgehead atoms. The second kappa shape index (κ2) is 11.4. The molecule has 8 heteroatoms. The van der Waals surface area contributed by atoms with Crippen LogP contribution in [0.5, 0.6) is 11.5 Å². The fourth-order valence-corrected chi connectivity index (χ4v) is 5.40. The molecule has 0 radical (unpaired) electrons. The molecule has 2 saturated heterocycles. The van der Waals surface area contributed by atoms with E-state index in [1.165, 1.54) is 0 Å². The Kier molecular flexibility index (Phi) is 7.81. The lowest BCUT2D eigenvalue weighted by atomic mass is 9.94. The molecule has 0 unspecified atom stereocenters. The molecular weight excluding hydrogens is 484 g/mol. The zero-order chi connectivity index (χ0) is 26.6. The van der Waals surface area contributed by atoms with Crippen molar-refractivity contribution in [2.75, 3.05) is 46.0 Å². The highest BCUT2D eigenvalue weighted by atomic mass is 16.5. The van der Waals surface area contributed by atoms with E-state index in [1.807, 2.05) is 43.3 Å². The van der Waals surface area contributed by atoms with E-state index in [2.05, 4.69) is 11.5 Å². The minimum atomic E-state index is -0.726. The van der Waals surface area contributed by atoms with Crippen LogP contribution in [-0.2, 0) is 20.7 Å². The first-order valence-electron chi connectivity index (χ1n) is 13.2. The number of morpholine rings is 1. The summed E-state index contributed by atoms with van der Waals surface area (Å²) in [6.45, 7) is 10.3. The van der Waals surface area contributed by atoms with Crippen LogP contribution in [0.2, 0.25) is 0 Å². The smallest absolute Gasteiger partial charge is 0.295 e. The van der Waals surface area contributed by atoms with Gasteiger partial charge in [-0.3, -0.25) is 14.5 Å². The van der Waals surface area contributed by atoms with Gasteiger partial charge < -0.3 is 24.2 Å². The van der Waals surface area contributed by atoms with Crippen molar-refractivity contribution in [1.29, 1.82) is 0 Å². The lowest BCUT2D eigenvalue weighted by Crippen LogP contribution is -2.38. The molecule has 2 aromatic carbocycles. The number of fused-ring (bicyclic) bond motifs is 1. The van der Waals surface area contributed by atoms with Crippen LogP contribution >= 0.6 is 0 Å². The molecule has 2 aromatic rings. The number of nitrogens with zero attached hydrogens (tertiary/aromatic N) is 2. The second-order valence-electron chi connectivity index (χ2n) is 9.93. The summed E-state index contributed by atoms with van der Waals surface area (Å²) in [5, 5.41) is 11.5. The summed E-state index contributed by atoms with van der Waals surface area (Å²) in [5.74, 6) is -0.0783. The number of aliphatic hydroxyl groups is 1. The predicted octanol–water partition coefficient (Wildman–Crippen LogP) is 3.72. The molecule has 200 valence electrons. The summed E-state index contributed by atoms with van der Waals surface area (Å²) in [7, 11) is 0. The Hall–Kier alpha value is -3.62. The topological polar surface area (TPSA) is 88.5 Å². The monoisotopic (exact) mass is 518 g/mol. The molecule has 1 amide bonds. The van der Waals surface area contributed by atoms with Gasteiger partial charge in [0.15, 0.2) is 0 Å². The Morgan fingerprint density at radius 3 is 2.76 bits per heavy atom. The first kappa shape index (κ1) is 26.0. The number of rotatable bonds is 9. The summed E-state index contributed by atoms with van der Waals surface area (Å²) in [4.78, 5) is 30.6. The molecule has 5 rings (SSSR count). The first-order chi connectivity index (χ1) is 18.5. The van der Waals surface area contributed by atoms with Gasteiger partial charge in [-0.1, -0.05) is 24.8 Å². The average Bonchev–Trinajstić information content (AvgIpc) is 3.43. The van der Waals surface area contributed by atoms with Crippen LogP contribution in [0.4, 0.5) is 0 Å². The van der Waals surface area contributed by atoms with Crippen molar-refractivity contribution in [3.8, 4) is 11.5 Å². The van der Waals surface area contributed by atoms with E-state index < -0.39 is 17.7 Å². The number of ketones is 1. The first-order valence-corrected chi connectivity index (χ1v) is 13.2. The summed E-state index contributed by atoms with van der Waals surface area (Å²) in [5.41, 5.74) is 2.26. The van der Waals surface area contributed by atoms with E-state index in [0.717, 1.165) is 37.4 Å². The van der Waals surface area contributed by atoms with Gasteiger partial charge in [-0.25, -0.2) is 0 Å². The Bertz CT molecular complexity index is 1250. The van der Waals surface area contributed by atoms with Gasteiger partial charge in [0.05, 0.1) is 24.8 Å². The molecule has 0 aromatic heterocycles. The highest BCUT2D eigenvalue weighted by Crippen LogP contribution is 2.41. The number of ether oxygens (including phenoxy) is 3. The van der Waals surface area contributed by atoms with Gasteiger partial charge in [0.2, 0.25) is 0 Å². The number of hydrogen-bond acceptors (Lipinski definition) is 7. The van der Waals surface area contributed by atoms with Crippen LogP contribution in [0.3, 0.4) is 0 Å². The Labute approximate surface area is 223 Å². The third kappa shape index (κ3) is 5.33. The third-order valence-electron chi connectivity index (χ3n) is 7.23. The van der Waals surface area contributed by atoms with Crippen molar-refractivity contribution in [2.45, 2.75) is 31.9 Å². The highest BCUT2D eigenvalue weighted by molar-refractivity contribution is 6.46. The normalized spacial score (nSPS) is 22.8. The van der Waals surface area contributed by atoms with Crippen molar-refractivity contribution in [1.82, 2.24) is 9.80 Å². The average molecular weight is 519 g/mol. The maximum atomic E-state index is 13.4. The van der Waals surface area contributed by atoms with Crippen LogP contribution in [0.1, 0.15) is 36.1 Å². The summed E-state index contributed by atoms with van der Waals surface area (Å²) >= 11 is 0. The van der Waals surface area contributed by atoms with E-state index >= 15 is 0 Å². The number of hydrogen-bond donors (Lipinski definition) is 1. The molecule has 2 atom stereocenters. The number of amides is 1. The van der Waals surface area contributed by atoms with Gasteiger partial charge in [0, 0.05) is 38.2 Å². The van der Waals surface area contributed by atoms with Crippen LogP contribution < -0.4 is 9.47 Å². The minimum Gasteiger partial charge on any atom is -0.507 e. The van der Waals surface area contributed by atoms with E-state index in [1.54, 1.807) is 17.0 Å². The SMILES string of the molecule is C=CCOc1cccc([C@H]2C(=C(O)c3ccc4c(c3)C[C@H](C)O4)C(=O)C(=O)N2CCCN2CCOCC2)c1. The molecule has 2 fully saturated rings. The molecule has 0 aliphatic carbocycles. The molecule has 0 spiro atoms. The van der Waals surface area contributed by atoms with Gasteiger partial charge in [0.1, 0.15) is 30.0 Å². The van der Waals surface area contributed by atoms with Crippen molar-refractivity contribution < 1.29 is 28.9 Å². The predicted molar refractivity (Wildman–Crippen MR) is 143 cm³/mol. The molecule has 0 saturated carbocycles. The number of benzene rings is 2. The fourth-order valence-electron chi connectivity index (χ4n) is 5.40. The van der Waals surface area contributed by atoms with Gasteiger partial charge in [-0.2, -0.15) is 0 Å². The maximum absolute atomic E-state index is 13.4. The van der Waals surface area contributed by atoms with Crippen LogP contribution in [0.25, 0.3) is 5.76 Å². The van der Waals surface area contributed by atoms with E-state index in [0.29, 0.717) is 49.7 Å². The van der Waals surface area contributed by atoms with Crippen LogP contribution in [0.15, 0.2) is 60.7 Å². The summed E-state index contributed by atoms with van der Waals surface area (Å²) in [6.07, 6.45) is 3.13. The largest absolute Gasteiger partial charge is 0.507 e. The van der Waals surface area contributed by atoms with Crippen molar-refractivity contribution in [3.05, 3.63) is 77.4 Å². The number of carbonyl (C=O) groups excluding carboxylic acids is 2. The zero-order valence-electron chi connectivity index (χ0n) is 21.7. The Morgan fingerprint density at radius 2 is 1.97 bits per heavy atom. The lowest BCUT2D eigenvalue weighted by Gasteiger charge is -2.29. The number of Topliss-reactive ketones (excluding diaryl/α,β-unsaturated/α-hetero) is 1. The number of carbonyl (C=O) groups is 2. The van der Waals surface area contributed by atoms with Gasteiger partial charge in [-0.05, 0) is 54.8 Å². The number of likely N-dealkylation sites (tertiary alicyclic amines) is 1. The van der Waals surface area contributed by atoms with Crippen molar-refractivity contribution >= 4 is 17.4 Å². The second-order valence-corrected chi connectivity index (χ2v) is 9.93. The molecular formula is C30H34N2O6. The molecule has 3 aliphatic heterocycles.